The lowest BCUT2D eigenvalue weighted by molar-refractivity contribution is -0.120. The van der Waals surface area contributed by atoms with Gasteiger partial charge in [0.1, 0.15) is 0 Å². The molecule has 2 rings (SSSR count). The molecule has 0 aromatic heterocycles. The summed E-state index contributed by atoms with van der Waals surface area (Å²) in [6.45, 7) is 5.30. The Hall–Kier alpha value is -1.75. The second kappa shape index (κ2) is 5.73. The fourth-order valence-electron chi connectivity index (χ4n) is 1.80. The molecule has 18 heavy (non-hydrogen) atoms. The minimum Gasteiger partial charge on any atom is -0.454 e. The maximum atomic E-state index is 11.6. The number of carbonyl (C=O) groups is 1. The molecular weight excluding hydrogens is 232 g/mol. The number of hydrogen-bond donors (Lipinski definition) is 2. The Morgan fingerprint density at radius 1 is 1.39 bits per heavy atom. The minimum atomic E-state index is -0.0503. The molecule has 1 aliphatic heterocycles. The normalized spacial score (nSPS) is 14.3. The van der Waals surface area contributed by atoms with Gasteiger partial charge >= 0.3 is 0 Å². The first-order valence-corrected chi connectivity index (χ1v) is 6.10. The van der Waals surface area contributed by atoms with Crippen LogP contribution in [-0.2, 0) is 4.79 Å². The molecule has 5 nitrogen and oxygen atoms in total. The Bertz CT molecular complexity index is 434. The van der Waals surface area contributed by atoms with Crippen LogP contribution in [0.3, 0.4) is 0 Å². The van der Waals surface area contributed by atoms with Crippen molar-refractivity contribution in [1.82, 2.24) is 10.6 Å². The Morgan fingerprint density at radius 3 is 2.94 bits per heavy atom. The van der Waals surface area contributed by atoms with Gasteiger partial charge in [-0.25, -0.2) is 0 Å². The first-order valence-electron chi connectivity index (χ1n) is 6.10. The molecule has 0 saturated carbocycles. The predicted octanol–water partition coefficient (Wildman–Crippen LogP) is 1.20. The highest BCUT2D eigenvalue weighted by Crippen LogP contribution is 2.33. The lowest BCUT2D eigenvalue weighted by Gasteiger charge is -2.14. The molecule has 98 valence electrons. The van der Waals surface area contributed by atoms with Crippen LogP contribution in [0.25, 0.3) is 0 Å². The summed E-state index contributed by atoms with van der Waals surface area (Å²) in [6.07, 6.45) is 0. The highest BCUT2D eigenvalue weighted by molar-refractivity contribution is 5.78. The molecule has 1 aromatic carbocycles. The van der Waals surface area contributed by atoms with Crippen molar-refractivity contribution in [2.24, 2.45) is 0 Å². The molecule has 5 heteroatoms. The maximum Gasteiger partial charge on any atom is 0.234 e. The van der Waals surface area contributed by atoms with E-state index in [-0.39, 0.29) is 18.7 Å². The number of fused-ring (bicyclic) bond motifs is 1. The van der Waals surface area contributed by atoms with Crippen LogP contribution < -0.4 is 20.1 Å². The van der Waals surface area contributed by atoms with Crippen LogP contribution in [0.5, 0.6) is 11.5 Å². The molecule has 0 fully saturated rings. The third kappa shape index (κ3) is 2.92. The summed E-state index contributed by atoms with van der Waals surface area (Å²) in [5, 5.41) is 5.91. The third-order valence-corrected chi connectivity index (χ3v) is 2.81. The Balaban J connectivity index is 1.96. The van der Waals surface area contributed by atoms with Gasteiger partial charge in [-0.1, -0.05) is 13.0 Å². The molecule has 1 aromatic rings. The monoisotopic (exact) mass is 250 g/mol. The van der Waals surface area contributed by atoms with Gasteiger partial charge in [0, 0.05) is 0 Å². The summed E-state index contributed by atoms with van der Waals surface area (Å²) in [7, 11) is 0. The van der Waals surface area contributed by atoms with E-state index in [2.05, 4.69) is 10.6 Å². The zero-order valence-electron chi connectivity index (χ0n) is 10.7. The van der Waals surface area contributed by atoms with Crippen LogP contribution in [0.4, 0.5) is 0 Å². The van der Waals surface area contributed by atoms with Crippen LogP contribution in [-0.4, -0.2) is 25.8 Å². The average molecular weight is 250 g/mol. The molecule has 0 spiro atoms. The fourth-order valence-corrected chi connectivity index (χ4v) is 1.80. The molecule has 1 aliphatic rings. The van der Waals surface area contributed by atoms with E-state index in [1.54, 1.807) is 0 Å². The van der Waals surface area contributed by atoms with Gasteiger partial charge in [0.05, 0.1) is 12.6 Å². The van der Waals surface area contributed by atoms with E-state index in [1.807, 2.05) is 32.0 Å². The smallest absolute Gasteiger partial charge is 0.234 e. The first-order chi connectivity index (χ1) is 8.70. The van der Waals surface area contributed by atoms with Gasteiger partial charge in [0.15, 0.2) is 11.5 Å². The van der Waals surface area contributed by atoms with Crippen LogP contribution in [0.2, 0.25) is 0 Å². The second-order valence-corrected chi connectivity index (χ2v) is 4.18. The lowest BCUT2D eigenvalue weighted by Crippen LogP contribution is -2.35. The number of rotatable bonds is 5. The van der Waals surface area contributed by atoms with Gasteiger partial charge in [0.2, 0.25) is 12.7 Å². The molecule has 0 saturated heterocycles. The van der Waals surface area contributed by atoms with Crippen molar-refractivity contribution in [2.45, 2.75) is 19.9 Å². The standard InChI is InChI=1S/C13H18N2O3/c1-3-14-7-13(16)15-9(2)10-4-5-11-12(6-10)18-8-17-11/h4-6,9,14H,3,7-8H2,1-2H3,(H,15,16). The maximum absolute atomic E-state index is 11.6. The summed E-state index contributed by atoms with van der Waals surface area (Å²) in [6, 6.07) is 5.65. The highest BCUT2D eigenvalue weighted by atomic mass is 16.7. The zero-order chi connectivity index (χ0) is 13.0. The van der Waals surface area contributed by atoms with Crippen LogP contribution in [0.1, 0.15) is 25.5 Å². The van der Waals surface area contributed by atoms with E-state index in [0.29, 0.717) is 6.54 Å². The Kier molecular flexibility index (Phi) is 4.04. The molecule has 2 N–H and O–H groups in total. The van der Waals surface area contributed by atoms with Crippen molar-refractivity contribution in [2.75, 3.05) is 19.9 Å². The predicted molar refractivity (Wildman–Crippen MR) is 67.7 cm³/mol. The van der Waals surface area contributed by atoms with Gasteiger partial charge in [-0.2, -0.15) is 0 Å². The van der Waals surface area contributed by atoms with Crippen LogP contribution in [0, 0.1) is 0 Å². The number of amides is 1. The fraction of sp³-hybridized carbons (Fsp3) is 0.462. The summed E-state index contributed by atoms with van der Waals surface area (Å²) in [4.78, 5) is 11.6. The van der Waals surface area contributed by atoms with Crippen molar-refractivity contribution in [3.63, 3.8) is 0 Å². The number of ether oxygens (including phenoxy) is 2. The van der Waals surface area contributed by atoms with Gasteiger partial charge in [-0.05, 0) is 31.2 Å². The Labute approximate surface area is 106 Å². The van der Waals surface area contributed by atoms with E-state index in [4.69, 9.17) is 9.47 Å². The molecule has 1 heterocycles. The van der Waals surface area contributed by atoms with Crippen LogP contribution in [0.15, 0.2) is 18.2 Å². The lowest BCUT2D eigenvalue weighted by atomic mass is 10.1. The summed E-state index contributed by atoms with van der Waals surface area (Å²) < 4.78 is 10.6. The molecule has 1 atom stereocenters. The number of carbonyl (C=O) groups excluding carboxylic acids is 1. The highest BCUT2D eigenvalue weighted by Gasteiger charge is 2.16. The zero-order valence-corrected chi connectivity index (χ0v) is 10.7. The Morgan fingerprint density at radius 2 is 2.17 bits per heavy atom. The van der Waals surface area contributed by atoms with Crippen molar-refractivity contribution in [3.8, 4) is 11.5 Å². The topological polar surface area (TPSA) is 59.6 Å². The van der Waals surface area contributed by atoms with Gasteiger partial charge in [-0.15, -0.1) is 0 Å². The summed E-state index contributed by atoms with van der Waals surface area (Å²) >= 11 is 0. The second-order valence-electron chi connectivity index (χ2n) is 4.18. The number of nitrogens with one attached hydrogen (secondary N) is 2. The number of hydrogen-bond acceptors (Lipinski definition) is 4. The number of likely N-dealkylation sites (N-methyl/N-ethyl adjacent to an activating group) is 1. The first kappa shape index (κ1) is 12.7. The van der Waals surface area contributed by atoms with Gasteiger partial charge in [-0.3, -0.25) is 4.79 Å². The van der Waals surface area contributed by atoms with Gasteiger partial charge in [0.25, 0.3) is 0 Å². The van der Waals surface area contributed by atoms with E-state index in [9.17, 15) is 4.79 Å². The van der Waals surface area contributed by atoms with Crippen molar-refractivity contribution in [1.29, 1.82) is 0 Å². The SMILES string of the molecule is CCNCC(=O)NC(C)c1ccc2c(c1)OCO2. The third-order valence-electron chi connectivity index (χ3n) is 2.81. The largest absolute Gasteiger partial charge is 0.454 e. The van der Waals surface area contributed by atoms with E-state index < -0.39 is 0 Å². The van der Waals surface area contributed by atoms with Crippen molar-refractivity contribution < 1.29 is 14.3 Å². The minimum absolute atomic E-state index is 0.0120. The molecule has 0 bridgehead atoms. The van der Waals surface area contributed by atoms with Crippen molar-refractivity contribution in [3.05, 3.63) is 23.8 Å². The summed E-state index contributed by atoms with van der Waals surface area (Å²) in [5.74, 6) is 1.48. The summed E-state index contributed by atoms with van der Waals surface area (Å²) in [5.41, 5.74) is 1.00. The molecule has 0 radical (unpaired) electrons. The van der Waals surface area contributed by atoms with E-state index in [1.165, 1.54) is 0 Å². The molecule has 1 unspecified atom stereocenters. The quantitative estimate of drug-likeness (QED) is 0.824. The van der Waals surface area contributed by atoms with Crippen molar-refractivity contribution >= 4 is 5.91 Å². The molecule has 0 aliphatic carbocycles. The van der Waals surface area contributed by atoms with E-state index >= 15 is 0 Å². The van der Waals surface area contributed by atoms with Crippen LogP contribution >= 0.6 is 0 Å². The molecular formula is C13H18N2O3. The average Bonchev–Trinajstić information content (AvgIpc) is 2.83. The van der Waals surface area contributed by atoms with Gasteiger partial charge < -0.3 is 20.1 Å². The molecule has 1 amide bonds. The van der Waals surface area contributed by atoms with E-state index in [0.717, 1.165) is 23.6 Å². The number of benzene rings is 1.